The van der Waals surface area contributed by atoms with Crippen molar-refractivity contribution < 1.29 is 40.3 Å². The normalized spacial score (nSPS) is 13.1. The summed E-state index contributed by atoms with van der Waals surface area (Å²) in [6.07, 6.45) is -6.59. The first-order valence-corrected chi connectivity index (χ1v) is 5.51. The van der Waals surface area contributed by atoms with Crippen molar-refractivity contribution in [3.8, 4) is 0 Å². The summed E-state index contributed by atoms with van der Waals surface area (Å²) < 4.78 is 90.2. The lowest BCUT2D eigenvalue weighted by Gasteiger charge is -2.26. The molecule has 21 heavy (non-hydrogen) atoms. The Kier molecular flexibility index (Phi) is 4.76. The molecule has 1 aromatic carbocycles. The lowest BCUT2D eigenvalue weighted by atomic mass is 10.1. The first-order valence-electron chi connectivity index (χ1n) is 5.13. The fraction of sp³-hybridized carbons (Fsp3) is 0.364. The second-order valence-corrected chi connectivity index (χ2v) is 4.29. The highest BCUT2D eigenvalue weighted by molar-refractivity contribution is 6.30. The maximum absolute atomic E-state index is 12.9. The van der Waals surface area contributed by atoms with E-state index in [1.165, 1.54) is 24.3 Å². The van der Waals surface area contributed by atoms with Crippen molar-refractivity contribution in [3.63, 3.8) is 0 Å². The van der Waals surface area contributed by atoms with E-state index in [0.29, 0.717) is 0 Å². The molecule has 0 aromatic heterocycles. The summed E-state index contributed by atoms with van der Waals surface area (Å²) in [6, 6.07) is 5.01. The predicted octanol–water partition coefficient (Wildman–Crippen LogP) is 4.22. The molecule has 0 saturated carbocycles. The molecule has 0 fully saturated rings. The summed E-state index contributed by atoms with van der Waals surface area (Å²) in [5.41, 5.74) is 0.0823. The molecule has 0 unspecified atom stereocenters. The van der Waals surface area contributed by atoms with Crippen LogP contribution in [0, 0.1) is 0 Å². The molecule has 0 N–H and O–H groups in total. The maximum atomic E-state index is 12.9. The van der Waals surface area contributed by atoms with Gasteiger partial charge in [0.15, 0.2) is 0 Å². The van der Waals surface area contributed by atoms with Crippen molar-refractivity contribution >= 4 is 17.6 Å². The highest BCUT2D eigenvalue weighted by Crippen LogP contribution is 2.47. The van der Waals surface area contributed by atoms with E-state index >= 15 is 0 Å². The van der Waals surface area contributed by atoms with Crippen LogP contribution in [0.15, 0.2) is 24.3 Å². The number of carbonyl (C=O) groups excluding carboxylic acids is 1. The molecule has 1 aromatic rings. The Morgan fingerprint density at radius 2 is 1.48 bits per heavy atom. The van der Waals surface area contributed by atoms with Crippen LogP contribution in [-0.4, -0.2) is 24.0 Å². The van der Waals surface area contributed by atoms with Gasteiger partial charge in [0.25, 0.3) is 0 Å². The second kappa shape index (κ2) is 5.70. The van der Waals surface area contributed by atoms with Crippen LogP contribution in [0.1, 0.15) is 5.56 Å². The SMILES string of the molecule is O=C(OCc1ccc(Cl)cc1)C(F)(F)C(F)(F)C(F)(F)F. The first kappa shape index (κ1) is 17.5. The van der Waals surface area contributed by atoms with Crippen molar-refractivity contribution in [3.05, 3.63) is 34.9 Å². The van der Waals surface area contributed by atoms with Gasteiger partial charge in [0.2, 0.25) is 0 Å². The molecule has 0 aliphatic heterocycles. The minimum atomic E-state index is -6.59. The molecule has 0 heterocycles. The molecular weight excluding hydrogens is 333 g/mol. The van der Waals surface area contributed by atoms with Crippen LogP contribution in [0.3, 0.4) is 0 Å². The zero-order valence-electron chi connectivity index (χ0n) is 9.86. The van der Waals surface area contributed by atoms with Gasteiger partial charge in [-0.15, -0.1) is 0 Å². The van der Waals surface area contributed by atoms with Gasteiger partial charge in [0.1, 0.15) is 6.61 Å². The van der Waals surface area contributed by atoms with Gasteiger partial charge in [0, 0.05) is 5.02 Å². The number of hydrogen-bond acceptors (Lipinski definition) is 2. The van der Waals surface area contributed by atoms with Gasteiger partial charge < -0.3 is 4.74 Å². The van der Waals surface area contributed by atoms with Gasteiger partial charge in [-0.25, -0.2) is 4.79 Å². The minimum absolute atomic E-state index is 0.0823. The van der Waals surface area contributed by atoms with Gasteiger partial charge in [-0.1, -0.05) is 23.7 Å². The van der Waals surface area contributed by atoms with Crippen LogP contribution < -0.4 is 0 Å². The van der Waals surface area contributed by atoms with Gasteiger partial charge in [0.05, 0.1) is 0 Å². The highest BCUT2D eigenvalue weighted by Gasteiger charge is 2.77. The molecule has 0 atom stereocenters. The number of esters is 1. The summed E-state index contributed by atoms with van der Waals surface area (Å²) in [4.78, 5) is 10.8. The van der Waals surface area contributed by atoms with E-state index in [2.05, 4.69) is 4.74 Å². The largest absolute Gasteiger partial charge is 0.460 e. The number of hydrogen-bond donors (Lipinski definition) is 0. The van der Waals surface area contributed by atoms with Crippen molar-refractivity contribution in [1.82, 2.24) is 0 Å². The van der Waals surface area contributed by atoms with Crippen LogP contribution in [-0.2, 0) is 16.1 Å². The summed E-state index contributed by atoms with van der Waals surface area (Å²) in [5, 5.41) is 0.263. The average Bonchev–Trinajstić information content (AvgIpc) is 2.36. The van der Waals surface area contributed by atoms with Crippen molar-refractivity contribution in [2.75, 3.05) is 0 Å². The van der Waals surface area contributed by atoms with E-state index in [1.54, 1.807) is 0 Å². The molecule has 0 radical (unpaired) electrons. The Morgan fingerprint density at radius 1 is 1.00 bits per heavy atom. The van der Waals surface area contributed by atoms with Crippen molar-refractivity contribution in [2.45, 2.75) is 24.6 Å². The van der Waals surface area contributed by atoms with E-state index in [4.69, 9.17) is 11.6 Å². The fourth-order valence-corrected chi connectivity index (χ4v) is 1.25. The molecule has 1 rings (SSSR count). The van der Waals surface area contributed by atoms with E-state index in [-0.39, 0.29) is 10.6 Å². The molecule has 118 valence electrons. The second-order valence-electron chi connectivity index (χ2n) is 3.85. The third-order valence-electron chi connectivity index (χ3n) is 2.29. The summed E-state index contributed by atoms with van der Waals surface area (Å²) >= 11 is 5.51. The topological polar surface area (TPSA) is 26.3 Å². The lowest BCUT2D eigenvalue weighted by Crippen LogP contribution is -2.56. The van der Waals surface area contributed by atoms with Crippen molar-refractivity contribution in [2.24, 2.45) is 0 Å². The first-order chi connectivity index (χ1) is 9.39. The van der Waals surface area contributed by atoms with Crippen LogP contribution in [0.2, 0.25) is 5.02 Å². The standard InChI is InChI=1S/C11H6ClF7O2/c12-7-3-1-6(2-4-7)5-21-8(20)9(13,14)10(15,16)11(17,18)19/h1-4H,5H2. The molecule has 0 bridgehead atoms. The van der Waals surface area contributed by atoms with Crippen LogP contribution in [0.4, 0.5) is 30.7 Å². The smallest absolute Gasteiger partial charge is 0.456 e. The molecule has 0 saturated heterocycles. The van der Waals surface area contributed by atoms with E-state index < -0.39 is 30.6 Å². The quantitative estimate of drug-likeness (QED) is 0.607. The van der Waals surface area contributed by atoms with Crippen LogP contribution in [0.25, 0.3) is 0 Å². The predicted molar refractivity (Wildman–Crippen MR) is 57.2 cm³/mol. The zero-order valence-corrected chi connectivity index (χ0v) is 10.6. The van der Waals surface area contributed by atoms with E-state index in [0.717, 1.165) is 0 Å². The molecule has 0 aliphatic carbocycles. The molecular formula is C11H6ClF7O2. The highest BCUT2D eigenvalue weighted by atomic mass is 35.5. The van der Waals surface area contributed by atoms with Gasteiger partial charge in [-0.2, -0.15) is 30.7 Å². The molecule has 0 aliphatic rings. The number of carbonyl (C=O) groups is 1. The zero-order chi connectivity index (χ0) is 16.5. The lowest BCUT2D eigenvalue weighted by molar-refractivity contribution is -0.348. The summed E-state index contributed by atoms with van der Waals surface area (Å²) in [5.74, 6) is -15.5. The third-order valence-corrected chi connectivity index (χ3v) is 2.54. The Labute approximate surface area is 118 Å². The Balaban J connectivity index is 2.80. The number of benzene rings is 1. The van der Waals surface area contributed by atoms with E-state index in [9.17, 15) is 35.5 Å². The molecule has 0 amide bonds. The summed E-state index contributed by atoms with van der Waals surface area (Å²) in [6.45, 7) is -0.903. The number of ether oxygens (including phenoxy) is 1. The molecule has 10 heteroatoms. The van der Waals surface area contributed by atoms with Gasteiger partial charge in [-0.3, -0.25) is 0 Å². The average molecular weight is 339 g/mol. The number of rotatable bonds is 4. The van der Waals surface area contributed by atoms with Gasteiger partial charge in [-0.05, 0) is 17.7 Å². The third kappa shape index (κ3) is 3.58. The van der Waals surface area contributed by atoms with Crippen LogP contribution >= 0.6 is 11.6 Å². The maximum Gasteiger partial charge on any atom is 0.460 e. The Hall–Kier alpha value is -1.51. The molecule has 0 spiro atoms. The number of alkyl halides is 7. The van der Waals surface area contributed by atoms with Crippen molar-refractivity contribution in [1.29, 1.82) is 0 Å². The minimum Gasteiger partial charge on any atom is -0.456 e. The van der Waals surface area contributed by atoms with E-state index in [1.807, 2.05) is 0 Å². The summed E-state index contributed by atoms with van der Waals surface area (Å²) in [7, 11) is 0. The monoisotopic (exact) mass is 338 g/mol. The number of halogens is 8. The Bertz CT molecular complexity index is 510. The van der Waals surface area contributed by atoms with Crippen LogP contribution in [0.5, 0.6) is 0 Å². The van der Waals surface area contributed by atoms with Gasteiger partial charge >= 0.3 is 24.0 Å². The Morgan fingerprint density at radius 3 is 1.90 bits per heavy atom. The fourth-order valence-electron chi connectivity index (χ4n) is 1.13. The molecule has 2 nitrogen and oxygen atoms in total.